The van der Waals surface area contributed by atoms with Crippen molar-refractivity contribution in [2.75, 3.05) is 6.61 Å². The molecule has 0 spiro atoms. The summed E-state index contributed by atoms with van der Waals surface area (Å²) >= 11 is 0. The highest BCUT2D eigenvalue weighted by Crippen LogP contribution is 2.22. The van der Waals surface area contributed by atoms with E-state index in [4.69, 9.17) is 10.8 Å². The van der Waals surface area contributed by atoms with Crippen LogP contribution in [-0.2, 0) is 11.8 Å². The zero-order chi connectivity index (χ0) is 12.2. The molecule has 0 saturated carbocycles. The molecule has 2 heteroatoms. The third kappa shape index (κ3) is 3.95. The Balaban J connectivity index is 2.58. The van der Waals surface area contributed by atoms with E-state index in [-0.39, 0.29) is 18.1 Å². The number of rotatable bonds is 4. The molecule has 0 bridgehead atoms. The van der Waals surface area contributed by atoms with Crippen molar-refractivity contribution in [1.82, 2.24) is 0 Å². The van der Waals surface area contributed by atoms with Gasteiger partial charge in [-0.15, -0.1) is 0 Å². The maximum Gasteiger partial charge on any atom is 0.0582 e. The molecule has 0 amide bonds. The molecule has 0 aliphatic heterocycles. The van der Waals surface area contributed by atoms with E-state index in [9.17, 15) is 0 Å². The Morgan fingerprint density at radius 3 is 2.19 bits per heavy atom. The van der Waals surface area contributed by atoms with E-state index in [1.807, 2.05) is 0 Å². The van der Waals surface area contributed by atoms with Crippen LogP contribution in [0, 0.1) is 0 Å². The van der Waals surface area contributed by atoms with Gasteiger partial charge in [0.05, 0.1) is 6.61 Å². The standard InChI is InChI=1S/C14H23NO/c1-14(2,3)12-7-4-11(5-8-12)6-9-13(15)10-16/h4-5,7-8,13,16H,6,9-10,15H2,1-3H3. The Bertz CT molecular complexity index is 311. The van der Waals surface area contributed by atoms with Crippen molar-refractivity contribution in [3.8, 4) is 0 Å². The van der Waals surface area contributed by atoms with E-state index >= 15 is 0 Å². The van der Waals surface area contributed by atoms with Crippen molar-refractivity contribution >= 4 is 0 Å². The molecule has 0 fully saturated rings. The minimum Gasteiger partial charge on any atom is -0.395 e. The molecular weight excluding hydrogens is 198 g/mol. The van der Waals surface area contributed by atoms with Crippen LogP contribution in [0.3, 0.4) is 0 Å². The van der Waals surface area contributed by atoms with Crippen LogP contribution in [0.25, 0.3) is 0 Å². The molecule has 1 aromatic rings. The molecule has 2 nitrogen and oxygen atoms in total. The van der Waals surface area contributed by atoms with Crippen molar-refractivity contribution < 1.29 is 5.11 Å². The zero-order valence-corrected chi connectivity index (χ0v) is 10.5. The predicted molar refractivity (Wildman–Crippen MR) is 68.5 cm³/mol. The van der Waals surface area contributed by atoms with Crippen LogP contribution in [-0.4, -0.2) is 17.8 Å². The highest BCUT2D eigenvalue weighted by molar-refractivity contribution is 5.27. The van der Waals surface area contributed by atoms with Gasteiger partial charge in [0.25, 0.3) is 0 Å². The molecule has 16 heavy (non-hydrogen) atoms. The maximum absolute atomic E-state index is 8.84. The summed E-state index contributed by atoms with van der Waals surface area (Å²) in [6, 6.07) is 8.58. The molecule has 0 saturated heterocycles. The quantitative estimate of drug-likeness (QED) is 0.819. The summed E-state index contributed by atoms with van der Waals surface area (Å²) in [4.78, 5) is 0. The smallest absolute Gasteiger partial charge is 0.0582 e. The van der Waals surface area contributed by atoms with Crippen LogP contribution in [0.2, 0.25) is 0 Å². The number of aliphatic hydroxyl groups is 1. The van der Waals surface area contributed by atoms with Crippen LogP contribution in [0.5, 0.6) is 0 Å². The van der Waals surface area contributed by atoms with Crippen molar-refractivity contribution in [2.24, 2.45) is 5.73 Å². The summed E-state index contributed by atoms with van der Waals surface area (Å²) in [6.07, 6.45) is 1.78. The van der Waals surface area contributed by atoms with Gasteiger partial charge in [-0.2, -0.15) is 0 Å². The van der Waals surface area contributed by atoms with Gasteiger partial charge in [0.15, 0.2) is 0 Å². The number of nitrogens with two attached hydrogens (primary N) is 1. The average Bonchev–Trinajstić information content (AvgIpc) is 2.25. The second kappa shape index (κ2) is 5.46. The number of aryl methyl sites for hydroxylation is 1. The molecule has 1 rings (SSSR count). The number of aliphatic hydroxyl groups excluding tert-OH is 1. The SMILES string of the molecule is CC(C)(C)c1ccc(CCC(N)CO)cc1. The van der Waals surface area contributed by atoms with E-state index in [0.717, 1.165) is 12.8 Å². The van der Waals surface area contributed by atoms with Crippen LogP contribution in [0.1, 0.15) is 38.3 Å². The van der Waals surface area contributed by atoms with Crippen molar-refractivity contribution in [3.05, 3.63) is 35.4 Å². The third-order valence-corrected chi connectivity index (χ3v) is 2.86. The van der Waals surface area contributed by atoms with Crippen molar-refractivity contribution in [2.45, 2.75) is 45.1 Å². The number of hydrogen-bond acceptors (Lipinski definition) is 2. The van der Waals surface area contributed by atoms with Gasteiger partial charge in [0.1, 0.15) is 0 Å². The summed E-state index contributed by atoms with van der Waals surface area (Å²) in [5.74, 6) is 0. The first kappa shape index (κ1) is 13.2. The van der Waals surface area contributed by atoms with E-state index in [1.54, 1.807) is 0 Å². The summed E-state index contributed by atoms with van der Waals surface area (Å²) in [7, 11) is 0. The van der Waals surface area contributed by atoms with Crippen LogP contribution < -0.4 is 5.73 Å². The lowest BCUT2D eigenvalue weighted by molar-refractivity contribution is 0.260. The van der Waals surface area contributed by atoms with Gasteiger partial charge in [-0.3, -0.25) is 0 Å². The Hall–Kier alpha value is -0.860. The Kier molecular flexibility index (Phi) is 4.51. The Morgan fingerprint density at radius 2 is 1.75 bits per heavy atom. The van der Waals surface area contributed by atoms with Gasteiger partial charge in [-0.1, -0.05) is 45.0 Å². The van der Waals surface area contributed by atoms with Gasteiger partial charge >= 0.3 is 0 Å². The second-order valence-electron chi connectivity index (χ2n) is 5.43. The minimum absolute atomic E-state index is 0.0695. The summed E-state index contributed by atoms with van der Waals surface area (Å²) in [5, 5.41) is 8.84. The second-order valence-corrected chi connectivity index (χ2v) is 5.43. The molecular formula is C14H23NO. The predicted octanol–water partition coefficient (Wildman–Crippen LogP) is 2.24. The fourth-order valence-electron chi connectivity index (χ4n) is 1.61. The lowest BCUT2D eigenvalue weighted by Crippen LogP contribution is -2.24. The van der Waals surface area contributed by atoms with Crippen LogP contribution >= 0.6 is 0 Å². The van der Waals surface area contributed by atoms with Crippen molar-refractivity contribution in [3.63, 3.8) is 0 Å². The minimum atomic E-state index is -0.0951. The van der Waals surface area contributed by atoms with Gasteiger partial charge in [0, 0.05) is 6.04 Å². The largest absolute Gasteiger partial charge is 0.395 e. The highest BCUT2D eigenvalue weighted by atomic mass is 16.3. The summed E-state index contributed by atoms with van der Waals surface area (Å²) in [6.45, 7) is 6.71. The molecule has 90 valence electrons. The molecule has 0 aliphatic rings. The zero-order valence-electron chi connectivity index (χ0n) is 10.5. The maximum atomic E-state index is 8.84. The number of benzene rings is 1. The lowest BCUT2D eigenvalue weighted by Gasteiger charge is -2.19. The average molecular weight is 221 g/mol. The number of hydrogen-bond donors (Lipinski definition) is 2. The van der Waals surface area contributed by atoms with Crippen molar-refractivity contribution in [1.29, 1.82) is 0 Å². The fraction of sp³-hybridized carbons (Fsp3) is 0.571. The van der Waals surface area contributed by atoms with Gasteiger partial charge in [-0.25, -0.2) is 0 Å². The summed E-state index contributed by atoms with van der Waals surface area (Å²) < 4.78 is 0. The topological polar surface area (TPSA) is 46.2 Å². The monoisotopic (exact) mass is 221 g/mol. The molecule has 0 aliphatic carbocycles. The van der Waals surface area contributed by atoms with Gasteiger partial charge < -0.3 is 10.8 Å². The molecule has 1 atom stereocenters. The van der Waals surface area contributed by atoms with Gasteiger partial charge in [0.2, 0.25) is 0 Å². The van der Waals surface area contributed by atoms with Gasteiger partial charge in [-0.05, 0) is 29.4 Å². The molecule has 0 radical (unpaired) electrons. The van der Waals surface area contributed by atoms with E-state index in [0.29, 0.717) is 0 Å². The molecule has 0 heterocycles. The molecule has 1 unspecified atom stereocenters. The highest BCUT2D eigenvalue weighted by Gasteiger charge is 2.12. The summed E-state index contributed by atoms with van der Waals surface area (Å²) in [5.41, 5.74) is 8.52. The normalized spacial score (nSPS) is 13.8. The first-order valence-electron chi connectivity index (χ1n) is 5.89. The molecule has 3 N–H and O–H groups in total. The third-order valence-electron chi connectivity index (χ3n) is 2.86. The van der Waals surface area contributed by atoms with E-state index < -0.39 is 0 Å². The van der Waals surface area contributed by atoms with Crippen LogP contribution in [0.4, 0.5) is 0 Å². The fourth-order valence-corrected chi connectivity index (χ4v) is 1.61. The Morgan fingerprint density at radius 1 is 1.19 bits per heavy atom. The van der Waals surface area contributed by atoms with E-state index in [2.05, 4.69) is 45.0 Å². The Labute approximate surface area is 98.5 Å². The van der Waals surface area contributed by atoms with Crippen LogP contribution in [0.15, 0.2) is 24.3 Å². The first-order chi connectivity index (χ1) is 7.43. The molecule has 1 aromatic carbocycles. The van der Waals surface area contributed by atoms with E-state index in [1.165, 1.54) is 11.1 Å². The first-order valence-corrected chi connectivity index (χ1v) is 5.89. The molecule has 0 aromatic heterocycles. The lowest BCUT2D eigenvalue weighted by atomic mass is 9.86.